The summed E-state index contributed by atoms with van der Waals surface area (Å²) in [6.07, 6.45) is 2.19. The summed E-state index contributed by atoms with van der Waals surface area (Å²) in [7, 11) is 0. The topological polar surface area (TPSA) is 52.8 Å². The monoisotopic (exact) mass is 288 g/mol. The normalized spacial score (nSPS) is 11.1. The molecule has 0 aliphatic heterocycles. The van der Waals surface area contributed by atoms with Crippen LogP contribution in [-0.2, 0) is 13.2 Å². The van der Waals surface area contributed by atoms with Crippen LogP contribution in [0.1, 0.15) is 56.5 Å². The molecular weight excluding hydrogens is 264 g/mol. The standard InChI is InChI=1S/C16H24N4O/c1-5-6-9-20-16(17-18-19-20)11-21-15-10-14(12(2)3)8-7-13(15)4/h7-8,10,12H,5-6,9,11H2,1-4H3. The first kappa shape index (κ1) is 15.5. The molecule has 2 rings (SSSR count). The minimum Gasteiger partial charge on any atom is -0.485 e. The van der Waals surface area contributed by atoms with Gasteiger partial charge in [0.05, 0.1) is 0 Å². The number of aromatic nitrogens is 4. The van der Waals surface area contributed by atoms with Crippen LogP contribution in [0.3, 0.4) is 0 Å². The highest BCUT2D eigenvalue weighted by atomic mass is 16.5. The quantitative estimate of drug-likeness (QED) is 0.782. The van der Waals surface area contributed by atoms with Gasteiger partial charge in [-0.1, -0.05) is 39.3 Å². The van der Waals surface area contributed by atoms with E-state index in [4.69, 9.17) is 4.74 Å². The van der Waals surface area contributed by atoms with E-state index in [0.717, 1.165) is 36.5 Å². The maximum Gasteiger partial charge on any atom is 0.189 e. The molecule has 0 saturated heterocycles. The second-order valence-corrected chi connectivity index (χ2v) is 5.64. The van der Waals surface area contributed by atoms with Crippen molar-refractivity contribution < 1.29 is 4.74 Å². The molecule has 1 aromatic carbocycles. The van der Waals surface area contributed by atoms with E-state index in [-0.39, 0.29) is 0 Å². The Morgan fingerprint density at radius 2 is 2.10 bits per heavy atom. The maximum absolute atomic E-state index is 5.93. The molecule has 0 radical (unpaired) electrons. The largest absolute Gasteiger partial charge is 0.485 e. The fraction of sp³-hybridized carbons (Fsp3) is 0.562. The van der Waals surface area contributed by atoms with E-state index < -0.39 is 0 Å². The van der Waals surface area contributed by atoms with E-state index in [1.807, 2.05) is 4.68 Å². The lowest BCUT2D eigenvalue weighted by Crippen LogP contribution is -2.09. The van der Waals surface area contributed by atoms with Crippen LogP contribution >= 0.6 is 0 Å². The molecule has 21 heavy (non-hydrogen) atoms. The van der Waals surface area contributed by atoms with Crippen LogP contribution in [0.5, 0.6) is 5.75 Å². The van der Waals surface area contributed by atoms with Crippen LogP contribution in [-0.4, -0.2) is 20.2 Å². The van der Waals surface area contributed by atoms with Gasteiger partial charge < -0.3 is 4.74 Å². The van der Waals surface area contributed by atoms with Crippen LogP contribution in [0.4, 0.5) is 0 Å². The van der Waals surface area contributed by atoms with Crippen LogP contribution < -0.4 is 4.74 Å². The Hall–Kier alpha value is -1.91. The third kappa shape index (κ3) is 4.03. The molecule has 1 heterocycles. The number of rotatable bonds is 7. The van der Waals surface area contributed by atoms with Crippen molar-refractivity contribution in [2.75, 3.05) is 0 Å². The zero-order valence-corrected chi connectivity index (χ0v) is 13.3. The van der Waals surface area contributed by atoms with Gasteiger partial charge in [-0.15, -0.1) is 5.10 Å². The molecule has 0 fully saturated rings. The van der Waals surface area contributed by atoms with Crippen LogP contribution in [0, 0.1) is 6.92 Å². The van der Waals surface area contributed by atoms with E-state index in [1.165, 1.54) is 5.56 Å². The van der Waals surface area contributed by atoms with Crippen molar-refractivity contribution in [2.45, 2.75) is 59.6 Å². The summed E-state index contributed by atoms with van der Waals surface area (Å²) >= 11 is 0. The molecule has 0 amide bonds. The number of benzene rings is 1. The van der Waals surface area contributed by atoms with Crippen molar-refractivity contribution in [3.63, 3.8) is 0 Å². The van der Waals surface area contributed by atoms with Gasteiger partial charge in [0.2, 0.25) is 0 Å². The Bertz CT molecular complexity index is 577. The summed E-state index contributed by atoms with van der Waals surface area (Å²) in [6, 6.07) is 6.36. The number of hydrogen-bond donors (Lipinski definition) is 0. The molecule has 0 aliphatic rings. The molecule has 0 atom stereocenters. The Kier molecular flexibility index (Phi) is 5.31. The fourth-order valence-corrected chi connectivity index (χ4v) is 2.08. The first-order valence-electron chi connectivity index (χ1n) is 7.60. The van der Waals surface area contributed by atoms with E-state index in [0.29, 0.717) is 12.5 Å². The lowest BCUT2D eigenvalue weighted by molar-refractivity contribution is 0.283. The van der Waals surface area contributed by atoms with E-state index in [9.17, 15) is 0 Å². The van der Waals surface area contributed by atoms with Crippen molar-refractivity contribution in [1.82, 2.24) is 20.2 Å². The number of ether oxygens (including phenoxy) is 1. The highest BCUT2D eigenvalue weighted by Crippen LogP contribution is 2.24. The SMILES string of the molecule is CCCCn1nnnc1COc1cc(C(C)C)ccc1C. The maximum atomic E-state index is 5.93. The highest BCUT2D eigenvalue weighted by molar-refractivity contribution is 5.37. The minimum absolute atomic E-state index is 0.402. The summed E-state index contributed by atoms with van der Waals surface area (Å²) in [5, 5.41) is 11.8. The molecule has 0 spiro atoms. The Labute approximate surface area is 126 Å². The lowest BCUT2D eigenvalue weighted by atomic mass is 10.0. The predicted octanol–water partition coefficient (Wildman–Crippen LogP) is 3.48. The van der Waals surface area contributed by atoms with E-state index in [1.54, 1.807) is 0 Å². The molecule has 0 N–H and O–H groups in total. The Morgan fingerprint density at radius 3 is 2.81 bits per heavy atom. The zero-order chi connectivity index (χ0) is 15.2. The van der Waals surface area contributed by atoms with E-state index in [2.05, 4.69) is 61.4 Å². The molecule has 2 aromatic rings. The number of aryl methyl sites for hydroxylation is 2. The van der Waals surface area contributed by atoms with Crippen molar-refractivity contribution in [3.05, 3.63) is 35.2 Å². The predicted molar refractivity (Wildman–Crippen MR) is 82.3 cm³/mol. The first-order chi connectivity index (χ1) is 10.1. The van der Waals surface area contributed by atoms with Gasteiger partial charge >= 0.3 is 0 Å². The van der Waals surface area contributed by atoms with Gasteiger partial charge in [-0.3, -0.25) is 0 Å². The molecule has 0 bridgehead atoms. The van der Waals surface area contributed by atoms with Crippen LogP contribution in [0.2, 0.25) is 0 Å². The van der Waals surface area contributed by atoms with Crippen molar-refractivity contribution >= 4 is 0 Å². The average Bonchev–Trinajstić information content (AvgIpc) is 2.91. The molecule has 0 unspecified atom stereocenters. The minimum atomic E-state index is 0.402. The molecule has 5 nitrogen and oxygen atoms in total. The smallest absolute Gasteiger partial charge is 0.189 e. The van der Waals surface area contributed by atoms with Crippen molar-refractivity contribution in [1.29, 1.82) is 0 Å². The third-order valence-corrected chi connectivity index (χ3v) is 3.57. The summed E-state index contributed by atoms with van der Waals surface area (Å²) in [6.45, 7) is 9.81. The highest BCUT2D eigenvalue weighted by Gasteiger charge is 2.09. The zero-order valence-electron chi connectivity index (χ0n) is 13.3. The van der Waals surface area contributed by atoms with Gasteiger partial charge in [0, 0.05) is 6.54 Å². The van der Waals surface area contributed by atoms with Crippen LogP contribution in [0.25, 0.3) is 0 Å². The Balaban J connectivity index is 2.06. The van der Waals surface area contributed by atoms with Gasteiger partial charge in [0.1, 0.15) is 12.4 Å². The fourth-order valence-electron chi connectivity index (χ4n) is 2.08. The molecular formula is C16H24N4O. The summed E-state index contributed by atoms with van der Waals surface area (Å²) in [5.41, 5.74) is 2.41. The van der Waals surface area contributed by atoms with Gasteiger partial charge in [0.25, 0.3) is 0 Å². The molecule has 0 aliphatic carbocycles. The third-order valence-electron chi connectivity index (χ3n) is 3.57. The Morgan fingerprint density at radius 1 is 1.29 bits per heavy atom. The molecule has 5 heteroatoms. The molecule has 0 saturated carbocycles. The summed E-state index contributed by atoms with van der Waals surface area (Å²) in [5.74, 6) is 2.17. The van der Waals surface area contributed by atoms with Crippen LogP contribution in [0.15, 0.2) is 18.2 Å². The van der Waals surface area contributed by atoms with Gasteiger partial charge in [0.15, 0.2) is 5.82 Å². The van der Waals surface area contributed by atoms with Gasteiger partial charge in [-0.05, 0) is 46.9 Å². The first-order valence-corrected chi connectivity index (χ1v) is 7.60. The number of hydrogen-bond acceptors (Lipinski definition) is 4. The average molecular weight is 288 g/mol. The van der Waals surface area contributed by atoms with Crippen molar-refractivity contribution in [2.24, 2.45) is 0 Å². The lowest BCUT2D eigenvalue weighted by Gasteiger charge is -2.12. The second kappa shape index (κ2) is 7.20. The number of unbranched alkanes of at least 4 members (excludes halogenated alkanes) is 1. The molecule has 1 aromatic heterocycles. The van der Waals surface area contributed by atoms with E-state index >= 15 is 0 Å². The van der Waals surface area contributed by atoms with Gasteiger partial charge in [-0.2, -0.15) is 0 Å². The second-order valence-electron chi connectivity index (χ2n) is 5.64. The number of nitrogens with zero attached hydrogens (tertiary/aromatic N) is 4. The number of tetrazole rings is 1. The summed E-state index contributed by atoms with van der Waals surface area (Å²) < 4.78 is 7.75. The van der Waals surface area contributed by atoms with Crippen molar-refractivity contribution in [3.8, 4) is 5.75 Å². The van der Waals surface area contributed by atoms with Gasteiger partial charge in [-0.25, -0.2) is 4.68 Å². The summed E-state index contributed by atoms with van der Waals surface area (Å²) in [4.78, 5) is 0. The molecule has 114 valence electrons.